The van der Waals surface area contributed by atoms with E-state index < -0.39 is 23.7 Å². The van der Waals surface area contributed by atoms with Crippen LogP contribution in [0.2, 0.25) is 5.02 Å². The van der Waals surface area contributed by atoms with E-state index in [1.807, 2.05) is 0 Å². The summed E-state index contributed by atoms with van der Waals surface area (Å²) in [5, 5.41) is -0.300. The van der Waals surface area contributed by atoms with Gasteiger partial charge in [-0.1, -0.05) is 11.6 Å². The van der Waals surface area contributed by atoms with Crippen LogP contribution in [-0.4, -0.2) is 17.6 Å². The van der Waals surface area contributed by atoms with Gasteiger partial charge in [-0.3, -0.25) is 0 Å². The first-order valence-electron chi connectivity index (χ1n) is 4.38. The lowest BCUT2D eigenvalue weighted by Gasteiger charge is -2.09. The number of anilines is 1. The standard InChI is InChI=1S/C9H9ClF2N2O2/c1-2-16-9(15)7-6(8(11)12)4(10)3-5(13)14-7/h3,8H,2H2,1H3,(H2,13,14). The maximum absolute atomic E-state index is 12.6. The van der Waals surface area contributed by atoms with Gasteiger partial charge in [0.05, 0.1) is 17.2 Å². The van der Waals surface area contributed by atoms with E-state index in [2.05, 4.69) is 9.72 Å². The van der Waals surface area contributed by atoms with E-state index in [0.717, 1.165) is 6.07 Å². The third-order valence-electron chi connectivity index (χ3n) is 1.71. The zero-order valence-electron chi connectivity index (χ0n) is 8.34. The highest BCUT2D eigenvalue weighted by Gasteiger charge is 2.24. The Morgan fingerprint density at radius 3 is 2.81 bits per heavy atom. The number of nitrogens with two attached hydrogens (primary N) is 1. The maximum atomic E-state index is 12.6. The highest BCUT2D eigenvalue weighted by molar-refractivity contribution is 6.32. The van der Waals surface area contributed by atoms with Crippen LogP contribution in [0, 0.1) is 0 Å². The van der Waals surface area contributed by atoms with Crippen molar-refractivity contribution in [3.63, 3.8) is 0 Å². The van der Waals surface area contributed by atoms with Gasteiger partial charge >= 0.3 is 5.97 Å². The quantitative estimate of drug-likeness (QED) is 0.837. The zero-order chi connectivity index (χ0) is 12.3. The Balaban J connectivity index is 3.29. The Hall–Kier alpha value is -1.43. The molecule has 16 heavy (non-hydrogen) atoms. The first-order chi connectivity index (χ1) is 7.47. The van der Waals surface area contributed by atoms with E-state index >= 15 is 0 Å². The summed E-state index contributed by atoms with van der Waals surface area (Å²) < 4.78 is 29.9. The van der Waals surface area contributed by atoms with Crippen molar-refractivity contribution in [3.8, 4) is 0 Å². The zero-order valence-corrected chi connectivity index (χ0v) is 9.09. The van der Waals surface area contributed by atoms with E-state index in [4.69, 9.17) is 17.3 Å². The number of carbonyl (C=O) groups excluding carboxylic acids is 1. The molecule has 0 aliphatic heterocycles. The van der Waals surface area contributed by atoms with E-state index in [1.165, 1.54) is 0 Å². The molecule has 0 saturated heterocycles. The number of rotatable bonds is 3. The minimum Gasteiger partial charge on any atom is -0.461 e. The average molecular weight is 251 g/mol. The molecule has 4 nitrogen and oxygen atoms in total. The fourth-order valence-electron chi connectivity index (χ4n) is 1.10. The van der Waals surface area contributed by atoms with Gasteiger partial charge < -0.3 is 10.5 Å². The van der Waals surface area contributed by atoms with Crippen molar-refractivity contribution in [1.82, 2.24) is 4.98 Å². The number of pyridine rings is 1. The van der Waals surface area contributed by atoms with Gasteiger partial charge in [-0.2, -0.15) is 0 Å². The van der Waals surface area contributed by atoms with Gasteiger partial charge in [0, 0.05) is 0 Å². The first-order valence-corrected chi connectivity index (χ1v) is 4.76. The maximum Gasteiger partial charge on any atom is 0.357 e. The highest BCUT2D eigenvalue weighted by atomic mass is 35.5. The molecule has 7 heteroatoms. The molecule has 0 bridgehead atoms. The third kappa shape index (κ3) is 2.57. The smallest absolute Gasteiger partial charge is 0.357 e. The van der Waals surface area contributed by atoms with Crippen LogP contribution in [0.3, 0.4) is 0 Å². The first kappa shape index (κ1) is 12.6. The van der Waals surface area contributed by atoms with Crippen LogP contribution in [0.1, 0.15) is 29.4 Å². The molecule has 0 fully saturated rings. The molecular formula is C9H9ClF2N2O2. The van der Waals surface area contributed by atoms with Crippen molar-refractivity contribution >= 4 is 23.4 Å². The fourth-order valence-corrected chi connectivity index (χ4v) is 1.39. The Bertz CT molecular complexity index is 413. The minimum absolute atomic E-state index is 0.0512. The second-order valence-electron chi connectivity index (χ2n) is 2.81. The normalized spacial score (nSPS) is 10.6. The molecule has 0 unspecified atom stereocenters. The van der Waals surface area contributed by atoms with Gasteiger partial charge in [-0.15, -0.1) is 0 Å². The molecule has 0 atom stereocenters. The van der Waals surface area contributed by atoms with Crippen LogP contribution in [0.5, 0.6) is 0 Å². The molecule has 0 aromatic carbocycles. The van der Waals surface area contributed by atoms with Gasteiger partial charge in [0.25, 0.3) is 6.43 Å². The molecule has 0 amide bonds. The molecule has 1 aromatic heterocycles. The number of hydrogen-bond acceptors (Lipinski definition) is 4. The summed E-state index contributed by atoms with van der Waals surface area (Å²) >= 11 is 5.57. The summed E-state index contributed by atoms with van der Waals surface area (Å²) in [4.78, 5) is 14.9. The second-order valence-corrected chi connectivity index (χ2v) is 3.22. The van der Waals surface area contributed by atoms with Crippen molar-refractivity contribution in [2.75, 3.05) is 12.3 Å². The van der Waals surface area contributed by atoms with Crippen molar-refractivity contribution in [3.05, 3.63) is 22.3 Å². The average Bonchev–Trinajstić information content (AvgIpc) is 2.15. The van der Waals surface area contributed by atoms with E-state index in [0.29, 0.717) is 0 Å². The Kier molecular flexibility index (Phi) is 4.00. The van der Waals surface area contributed by atoms with Gasteiger partial charge in [0.15, 0.2) is 5.69 Å². The Morgan fingerprint density at radius 1 is 1.69 bits per heavy atom. The summed E-state index contributed by atoms with van der Waals surface area (Å²) in [6, 6.07) is 1.06. The van der Waals surface area contributed by atoms with Crippen LogP contribution in [0.25, 0.3) is 0 Å². The molecule has 0 saturated carbocycles. The number of nitrogen functional groups attached to an aromatic ring is 1. The lowest BCUT2D eigenvalue weighted by Crippen LogP contribution is -2.13. The number of alkyl halides is 2. The number of nitrogens with zero attached hydrogens (tertiary/aromatic N) is 1. The van der Waals surface area contributed by atoms with Crippen LogP contribution in [0.4, 0.5) is 14.6 Å². The molecule has 1 rings (SSSR count). The molecule has 0 spiro atoms. The van der Waals surface area contributed by atoms with Crippen LogP contribution in [-0.2, 0) is 4.74 Å². The molecular weight excluding hydrogens is 242 g/mol. The summed E-state index contributed by atoms with van der Waals surface area (Å²) in [7, 11) is 0. The third-order valence-corrected chi connectivity index (χ3v) is 2.03. The molecule has 1 aromatic rings. The molecule has 0 aliphatic rings. The van der Waals surface area contributed by atoms with E-state index in [1.54, 1.807) is 6.92 Å². The van der Waals surface area contributed by atoms with Crippen molar-refractivity contribution in [2.45, 2.75) is 13.3 Å². The molecule has 0 aliphatic carbocycles. The minimum atomic E-state index is -2.92. The lowest BCUT2D eigenvalue weighted by atomic mass is 10.2. The monoisotopic (exact) mass is 250 g/mol. The number of hydrogen-bond donors (Lipinski definition) is 1. The lowest BCUT2D eigenvalue weighted by molar-refractivity contribution is 0.0508. The van der Waals surface area contributed by atoms with Gasteiger partial charge in [-0.25, -0.2) is 18.6 Å². The van der Waals surface area contributed by atoms with Crippen molar-refractivity contribution in [1.29, 1.82) is 0 Å². The topological polar surface area (TPSA) is 65.2 Å². The van der Waals surface area contributed by atoms with Crippen molar-refractivity contribution in [2.24, 2.45) is 0 Å². The Labute approximate surface area is 95.4 Å². The summed E-state index contributed by atoms with van der Waals surface area (Å²) in [5.41, 5.74) is 4.12. The predicted octanol–water partition coefficient (Wildman–Crippen LogP) is 2.43. The van der Waals surface area contributed by atoms with Gasteiger partial charge in [-0.05, 0) is 13.0 Å². The number of halogens is 3. The molecule has 1 heterocycles. The Morgan fingerprint density at radius 2 is 2.31 bits per heavy atom. The number of esters is 1. The second kappa shape index (κ2) is 5.07. The molecule has 2 N–H and O–H groups in total. The van der Waals surface area contributed by atoms with Crippen LogP contribution in [0.15, 0.2) is 6.07 Å². The predicted molar refractivity (Wildman–Crippen MR) is 54.6 cm³/mol. The summed E-state index contributed by atoms with van der Waals surface area (Å²) in [5.74, 6) is -1.08. The van der Waals surface area contributed by atoms with Gasteiger partial charge in [0.2, 0.25) is 0 Å². The van der Waals surface area contributed by atoms with Crippen molar-refractivity contribution < 1.29 is 18.3 Å². The largest absolute Gasteiger partial charge is 0.461 e. The number of carbonyl (C=O) groups is 1. The highest BCUT2D eigenvalue weighted by Crippen LogP contribution is 2.31. The number of ether oxygens (including phenoxy) is 1. The van der Waals surface area contributed by atoms with E-state index in [-0.39, 0.29) is 17.4 Å². The molecule has 88 valence electrons. The molecule has 0 radical (unpaired) electrons. The number of aromatic nitrogens is 1. The SMILES string of the molecule is CCOC(=O)c1nc(N)cc(Cl)c1C(F)F. The van der Waals surface area contributed by atoms with E-state index in [9.17, 15) is 13.6 Å². The fraction of sp³-hybridized carbons (Fsp3) is 0.333. The van der Waals surface area contributed by atoms with Gasteiger partial charge in [0.1, 0.15) is 5.82 Å². The summed E-state index contributed by atoms with van der Waals surface area (Å²) in [6.07, 6.45) is -2.92. The summed E-state index contributed by atoms with van der Waals surface area (Å²) in [6.45, 7) is 1.60. The van der Waals surface area contributed by atoms with Crippen LogP contribution < -0.4 is 5.73 Å². The van der Waals surface area contributed by atoms with Crippen LogP contribution >= 0.6 is 11.6 Å².